The molecule has 144 valence electrons. The van der Waals surface area contributed by atoms with Gasteiger partial charge in [0, 0.05) is 0 Å². The first kappa shape index (κ1) is 20.9. The molecule has 0 spiro atoms. The van der Waals surface area contributed by atoms with Crippen molar-refractivity contribution < 1.29 is 17.9 Å². The highest BCUT2D eigenvalue weighted by Crippen LogP contribution is 2.14. The molecule has 27 heavy (non-hydrogen) atoms. The first-order chi connectivity index (χ1) is 12.8. The predicted octanol–water partition coefficient (Wildman–Crippen LogP) is 3.55. The zero-order valence-electron chi connectivity index (χ0n) is 15.8. The molecule has 1 atom stereocenters. The lowest BCUT2D eigenvalue weighted by Gasteiger charge is -2.20. The number of esters is 1. The van der Waals surface area contributed by atoms with Gasteiger partial charge in [-0.1, -0.05) is 68.0 Å². The van der Waals surface area contributed by atoms with Gasteiger partial charge in [0.15, 0.2) is 0 Å². The molecule has 0 aliphatic rings. The number of benzene rings is 2. The van der Waals surface area contributed by atoms with Gasteiger partial charge in [-0.25, -0.2) is 8.42 Å². The number of rotatable bonds is 8. The largest absolute Gasteiger partial charge is 0.460 e. The van der Waals surface area contributed by atoms with Crippen molar-refractivity contribution >= 4 is 22.1 Å². The van der Waals surface area contributed by atoms with Gasteiger partial charge in [-0.15, -0.1) is 0 Å². The number of aryl methyl sites for hydroxylation is 1. The van der Waals surface area contributed by atoms with Crippen LogP contribution in [-0.2, 0) is 19.6 Å². The highest BCUT2D eigenvalue weighted by atomic mass is 32.2. The highest BCUT2D eigenvalue weighted by molar-refractivity contribution is 7.89. The van der Waals surface area contributed by atoms with Gasteiger partial charge in [0.05, 0.1) is 4.90 Å². The lowest BCUT2D eigenvalue weighted by molar-refractivity contribution is -0.145. The fourth-order valence-corrected chi connectivity index (χ4v) is 3.71. The van der Waals surface area contributed by atoms with Gasteiger partial charge in [-0.05, 0) is 36.6 Å². The van der Waals surface area contributed by atoms with E-state index >= 15 is 0 Å². The molecule has 6 heteroatoms. The van der Waals surface area contributed by atoms with E-state index in [4.69, 9.17) is 4.74 Å². The number of carbonyl (C=O) groups excluding carboxylic acids is 1. The zero-order valence-corrected chi connectivity index (χ0v) is 16.6. The highest BCUT2D eigenvalue weighted by Gasteiger charge is 2.29. The second-order valence-electron chi connectivity index (χ2n) is 6.60. The lowest BCUT2D eigenvalue weighted by Crippen LogP contribution is -2.45. The van der Waals surface area contributed by atoms with Crippen molar-refractivity contribution in [3.05, 3.63) is 71.8 Å². The van der Waals surface area contributed by atoms with Crippen molar-refractivity contribution in [3.8, 4) is 0 Å². The summed E-state index contributed by atoms with van der Waals surface area (Å²) < 4.78 is 32.8. The quantitative estimate of drug-likeness (QED) is 0.703. The van der Waals surface area contributed by atoms with Gasteiger partial charge >= 0.3 is 5.97 Å². The summed E-state index contributed by atoms with van der Waals surface area (Å²) in [6.45, 7) is 5.48. The Morgan fingerprint density at radius 1 is 1.07 bits per heavy atom. The van der Waals surface area contributed by atoms with Crippen molar-refractivity contribution in [2.45, 2.75) is 31.7 Å². The smallest absolute Gasteiger partial charge is 0.324 e. The van der Waals surface area contributed by atoms with Gasteiger partial charge in [-0.2, -0.15) is 4.72 Å². The molecule has 2 aromatic carbocycles. The number of carbonyl (C=O) groups is 1. The molecule has 0 aliphatic heterocycles. The van der Waals surface area contributed by atoms with E-state index in [1.165, 1.54) is 12.1 Å². The van der Waals surface area contributed by atoms with Gasteiger partial charge in [-0.3, -0.25) is 4.79 Å². The van der Waals surface area contributed by atoms with Crippen molar-refractivity contribution in [2.24, 2.45) is 5.92 Å². The third kappa shape index (κ3) is 6.34. The predicted molar refractivity (Wildman–Crippen MR) is 107 cm³/mol. The van der Waals surface area contributed by atoms with Crippen LogP contribution in [0.15, 0.2) is 65.6 Å². The Hall–Kier alpha value is -2.44. The molecule has 0 bridgehead atoms. The molecule has 2 rings (SSSR count). The van der Waals surface area contributed by atoms with Crippen LogP contribution in [0.1, 0.15) is 25.0 Å². The van der Waals surface area contributed by atoms with Gasteiger partial charge in [0.2, 0.25) is 10.0 Å². The number of nitrogens with one attached hydrogen (secondary N) is 1. The molecule has 0 aromatic heterocycles. The van der Waals surface area contributed by atoms with E-state index in [9.17, 15) is 13.2 Å². The Morgan fingerprint density at radius 3 is 2.30 bits per heavy atom. The fraction of sp³-hybridized carbons (Fsp3) is 0.286. The topological polar surface area (TPSA) is 72.5 Å². The number of hydrogen-bond donors (Lipinski definition) is 1. The van der Waals surface area contributed by atoms with Crippen molar-refractivity contribution in [1.29, 1.82) is 0 Å². The molecule has 0 heterocycles. The molecule has 0 amide bonds. The summed E-state index contributed by atoms with van der Waals surface area (Å²) in [5.41, 5.74) is 1.95. The molecule has 5 nitrogen and oxygen atoms in total. The van der Waals surface area contributed by atoms with Crippen LogP contribution in [0.5, 0.6) is 0 Å². The summed E-state index contributed by atoms with van der Waals surface area (Å²) in [5.74, 6) is -0.853. The fourth-order valence-electron chi connectivity index (χ4n) is 2.38. The Labute approximate surface area is 161 Å². The molecule has 2 aromatic rings. The second-order valence-corrected chi connectivity index (χ2v) is 8.31. The van der Waals surface area contributed by atoms with E-state index < -0.39 is 22.0 Å². The SMILES string of the molecule is Cc1ccc(S(=O)(=O)N[C@H](C(=O)OC/C=C/c2ccccc2)C(C)C)cc1. The van der Waals surface area contributed by atoms with Crippen LogP contribution < -0.4 is 4.72 Å². The van der Waals surface area contributed by atoms with Crippen LogP contribution in [0.3, 0.4) is 0 Å². The minimum Gasteiger partial charge on any atom is -0.460 e. The molecular weight excluding hydrogens is 362 g/mol. The number of hydrogen-bond acceptors (Lipinski definition) is 4. The normalized spacial score (nSPS) is 13.0. The minimum atomic E-state index is -3.81. The first-order valence-electron chi connectivity index (χ1n) is 8.77. The molecule has 0 radical (unpaired) electrons. The summed E-state index contributed by atoms with van der Waals surface area (Å²) in [6.07, 6.45) is 3.56. The van der Waals surface area contributed by atoms with Gasteiger partial charge < -0.3 is 4.74 Å². The third-order valence-electron chi connectivity index (χ3n) is 3.97. The van der Waals surface area contributed by atoms with Crippen LogP contribution in [0, 0.1) is 12.8 Å². The Balaban J connectivity index is 2.00. The summed E-state index contributed by atoms with van der Waals surface area (Å²) in [7, 11) is -3.81. The number of sulfonamides is 1. The molecule has 0 aliphatic carbocycles. The first-order valence-corrected chi connectivity index (χ1v) is 10.2. The molecular formula is C21H25NO4S. The summed E-state index contributed by atoms with van der Waals surface area (Å²) >= 11 is 0. The molecule has 0 unspecified atom stereocenters. The van der Waals surface area contributed by atoms with Gasteiger partial charge in [0.1, 0.15) is 12.6 Å². The van der Waals surface area contributed by atoms with Crippen LogP contribution in [0.2, 0.25) is 0 Å². The van der Waals surface area contributed by atoms with Crippen LogP contribution in [-0.4, -0.2) is 27.0 Å². The van der Waals surface area contributed by atoms with Crippen molar-refractivity contribution in [2.75, 3.05) is 6.61 Å². The van der Waals surface area contributed by atoms with Gasteiger partial charge in [0.25, 0.3) is 0 Å². The van der Waals surface area contributed by atoms with E-state index in [0.717, 1.165) is 11.1 Å². The monoisotopic (exact) mass is 387 g/mol. The molecule has 0 fully saturated rings. The van der Waals surface area contributed by atoms with Crippen LogP contribution in [0.25, 0.3) is 6.08 Å². The van der Waals surface area contributed by atoms with E-state index in [1.54, 1.807) is 32.1 Å². The average molecular weight is 388 g/mol. The van der Waals surface area contributed by atoms with E-state index in [-0.39, 0.29) is 17.4 Å². The van der Waals surface area contributed by atoms with E-state index in [0.29, 0.717) is 0 Å². The Morgan fingerprint density at radius 2 is 1.70 bits per heavy atom. The molecule has 1 N–H and O–H groups in total. The number of ether oxygens (including phenoxy) is 1. The minimum absolute atomic E-state index is 0.0726. The summed E-state index contributed by atoms with van der Waals surface area (Å²) in [6, 6.07) is 15.1. The van der Waals surface area contributed by atoms with Crippen molar-refractivity contribution in [1.82, 2.24) is 4.72 Å². The Bertz CT molecular complexity index is 872. The van der Waals surface area contributed by atoms with Crippen molar-refractivity contribution in [3.63, 3.8) is 0 Å². The van der Waals surface area contributed by atoms with Crippen LogP contribution >= 0.6 is 0 Å². The maximum atomic E-state index is 12.5. The standard InChI is InChI=1S/C21H25NO4S/c1-16(2)20(22-27(24,25)19-13-11-17(3)12-14-19)21(23)26-15-7-10-18-8-5-4-6-9-18/h4-14,16,20,22H,15H2,1-3H3/b10-7+/t20-/m0/s1. The lowest BCUT2D eigenvalue weighted by atomic mass is 10.1. The Kier molecular flexibility index (Phi) is 7.33. The summed E-state index contributed by atoms with van der Waals surface area (Å²) in [5, 5.41) is 0. The average Bonchev–Trinajstić information content (AvgIpc) is 2.64. The van der Waals surface area contributed by atoms with Crippen LogP contribution in [0.4, 0.5) is 0 Å². The third-order valence-corrected chi connectivity index (χ3v) is 5.42. The molecule has 0 saturated heterocycles. The summed E-state index contributed by atoms with van der Waals surface area (Å²) in [4.78, 5) is 12.5. The zero-order chi connectivity index (χ0) is 19.9. The van der Waals surface area contributed by atoms with E-state index in [1.807, 2.05) is 43.3 Å². The molecule has 0 saturated carbocycles. The maximum Gasteiger partial charge on any atom is 0.324 e. The van der Waals surface area contributed by atoms with E-state index in [2.05, 4.69) is 4.72 Å². The second kappa shape index (κ2) is 9.48. The maximum absolute atomic E-state index is 12.5.